The van der Waals surface area contributed by atoms with Crippen LogP contribution in [0.15, 0.2) is 18.2 Å². The molecule has 1 aliphatic rings. The monoisotopic (exact) mass is 253 g/mol. The van der Waals surface area contributed by atoms with Crippen LogP contribution >= 0.6 is 11.6 Å². The molecule has 0 spiro atoms. The molecule has 0 saturated carbocycles. The van der Waals surface area contributed by atoms with E-state index >= 15 is 0 Å². The first-order valence-corrected chi connectivity index (χ1v) is 6.24. The van der Waals surface area contributed by atoms with Gasteiger partial charge in [-0.25, -0.2) is 0 Å². The molecule has 3 nitrogen and oxygen atoms in total. The van der Waals surface area contributed by atoms with Crippen molar-refractivity contribution < 1.29 is 9.90 Å². The van der Waals surface area contributed by atoms with Gasteiger partial charge in [-0.1, -0.05) is 31.0 Å². The molecule has 0 saturated heterocycles. The minimum Gasteiger partial charge on any atom is -0.372 e. The van der Waals surface area contributed by atoms with E-state index in [2.05, 4.69) is 12.2 Å². The molecule has 1 aromatic carbocycles. The fourth-order valence-electron chi connectivity index (χ4n) is 2.32. The largest absolute Gasteiger partial charge is 0.372 e. The topological polar surface area (TPSA) is 49.3 Å². The van der Waals surface area contributed by atoms with E-state index in [-0.39, 0.29) is 0 Å². The molecule has 2 atom stereocenters. The lowest BCUT2D eigenvalue weighted by atomic mass is 9.96. The number of fused-ring (bicyclic) bond motifs is 1. The molecule has 0 fully saturated rings. The molecule has 0 aromatic heterocycles. The number of benzene rings is 1. The predicted octanol–water partition coefficient (Wildman–Crippen LogP) is 2.52. The van der Waals surface area contributed by atoms with Gasteiger partial charge < -0.3 is 9.90 Å². The van der Waals surface area contributed by atoms with E-state index in [4.69, 9.17) is 11.6 Å². The zero-order valence-electron chi connectivity index (χ0n) is 9.74. The first-order chi connectivity index (χ1) is 8.10. The average molecular weight is 254 g/mol. The van der Waals surface area contributed by atoms with Gasteiger partial charge in [0.1, 0.15) is 12.0 Å². The number of hydrogen-bond acceptors (Lipinski definition) is 3. The standard InChI is InChI=1S/C13H16ClNO2/c1-2-3-6-13(17)11-7-9(14)4-5-10(11)12(8-16)15-13/h4-5,7-8,12,15,17H,2-3,6H2,1H3. The normalized spacial score (nSPS) is 26.9. The molecule has 0 amide bonds. The van der Waals surface area contributed by atoms with Crippen molar-refractivity contribution in [3.63, 3.8) is 0 Å². The van der Waals surface area contributed by atoms with Crippen LogP contribution in [0.2, 0.25) is 5.02 Å². The third-order valence-electron chi connectivity index (χ3n) is 3.22. The minimum atomic E-state index is -1.12. The van der Waals surface area contributed by atoms with Crippen LogP contribution in [0.4, 0.5) is 0 Å². The van der Waals surface area contributed by atoms with E-state index < -0.39 is 11.8 Å². The van der Waals surface area contributed by atoms with Crippen molar-refractivity contribution >= 4 is 17.9 Å². The summed E-state index contributed by atoms with van der Waals surface area (Å²) in [5.41, 5.74) is 0.431. The Bertz CT molecular complexity index is 435. The van der Waals surface area contributed by atoms with Gasteiger partial charge in [-0.2, -0.15) is 0 Å². The highest BCUT2D eigenvalue weighted by molar-refractivity contribution is 6.30. The van der Waals surface area contributed by atoms with Gasteiger partial charge in [-0.05, 0) is 30.5 Å². The molecule has 1 aromatic rings. The summed E-state index contributed by atoms with van der Waals surface area (Å²) in [6.45, 7) is 2.06. The predicted molar refractivity (Wildman–Crippen MR) is 66.8 cm³/mol. The number of carbonyl (C=O) groups is 1. The Morgan fingerprint density at radius 3 is 3.00 bits per heavy atom. The van der Waals surface area contributed by atoms with Crippen LogP contribution in [0.1, 0.15) is 43.4 Å². The van der Waals surface area contributed by atoms with Crippen LogP contribution in [0.5, 0.6) is 0 Å². The second kappa shape index (κ2) is 4.77. The van der Waals surface area contributed by atoms with E-state index in [9.17, 15) is 9.90 Å². The Labute approximate surface area is 106 Å². The molecule has 0 radical (unpaired) electrons. The highest BCUT2D eigenvalue weighted by Crippen LogP contribution is 2.39. The van der Waals surface area contributed by atoms with E-state index in [1.807, 2.05) is 0 Å². The van der Waals surface area contributed by atoms with Crippen molar-refractivity contribution in [3.8, 4) is 0 Å². The maximum absolute atomic E-state index is 11.0. The van der Waals surface area contributed by atoms with Gasteiger partial charge in [0.2, 0.25) is 0 Å². The fourth-order valence-corrected chi connectivity index (χ4v) is 2.49. The second-order valence-corrected chi connectivity index (χ2v) is 4.89. The maximum atomic E-state index is 11.0. The van der Waals surface area contributed by atoms with E-state index in [0.29, 0.717) is 11.4 Å². The number of carbonyl (C=O) groups excluding carboxylic acids is 1. The zero-order valence-corrected chi connectivity index (χ0v) is 10.5. The molecule has 1 heterocycles. The third-order valence-corrected chi connectivity index (χ3v) is 3.45. The summed E-state index contributed by atoms with van der Waals surface area (Å²) in [6.07, 6.45) is 3.28. The Hall–Kier alpha value is -0.900. The number of aldehydes is 1. The number of rotatable bonds is 4. The third kappa shape index (κ3) is 2.23. The lowest BCUT2D eigenvalue weighted by Gasteiger charge is -2.24. The van der Waals surface area contributed by atoms with Crippen LogP contribution in [0.25, 0.3) is 0 Å². The first kappa shape index (κ1) is 12.6. The fraction of sp³-hybridized carbons (Fsp3) is 0.462. The summed E-state index contributed by atoms with van der Waals surface area (Å²) in [5.74, 6) is 0. The molecule has 17 heavy (non-hydrogen) atoms. The summed E-state index contributed by atoms with van der Waals surface area (Å²) < 4.78 is 0. The second-order valence-electron chi connectivity index (χ2n) is 4.45. The SMILES string of the molecule is CCCCC1(O)NC(C=O)c2ccc(Cl)cc21. The number of hydrogen-bond donors (Lipinski definition) is 2. The molecular weight excluding hydrogens is 238 g/mol. The molecule has 2 rings (SSSR count). The zero-order chi connectivity index (χ0) is 12.5. The number of aliphatic hydroxyl groups is 1. The molecule has 0 aliphatic carbocycles. The number of halogens is 1. The Morgan fingerprint density at radius 2 is 2.35 bits per heavy atom. The Kier molecular flexibility index (Phi) is 3.52. The van der Waals surface area contributed by atoms with Gasteiger partial charge in [0.15, 0.2) is 0 Å². The van der Waals surface area contributed by atoms with Crippen molar-refractivity contribution in [2.24, 2.45) is 0 Å². The summed E-state index contributed by atoms with van der Waals surface area (Å²) >= 11 is 5.95. The smallest absolute Gasteiger partial charge is 0.143 e. The average Bonchev–Trinajstić information content (AvgIpc) is 2.60. The van der Waals surface area contributed by atoms with Crippen LogP contribution in [0.3, 0.4) is 0 Å². The highest BCUT2D eigenvalue weighted by Gasteiger charge is 2.41. The van der Waals surface area contributed by atoms with Gasteiger partial charge in [-0.15, -0.1) is 0 Å². The maximum Gasteiger partial charge on any atom is 0.143 e. The van der Waals surface area contributed by atoms with Crippen molar-refractivity contribution in [1.29, 1.82) is 0 Å². The van der Waals surface area contributed by atoms with Crippen molar-refractivity contribution in [2.45, 2.75) is 38.0 Å². The van der Waals surface area contributed by atoms with Crippen molar-refractivity contribution in [3.05, 3.63) is 34.3 Å². The van der Waals surface area contributed by atoms with Crippen LogP contribution in [-0.2, 0) is 10.5 Å². The molecule has 0 bridgehead atoms. The number of unbranched alkanes of at least 4 members (excludes halogenated alkanes) is 1. The summed E-state index contributed by atoms with van der Waals surface area (Å²) in [7, 11) is 0. The summed E-state index contributed by atoms with van der Waals surface area (Å²) in [4.78, 5) is 11.0. The molecular formula is C13H16ClNO2. The van der Waals surface area contributed by atoms with E-state index in [1.54, 1.807) is 18.2 Å². The lowest BCUT2D eigenvalue weighted by molar-refractivity contribution is -0.111. The van der Waals surface area contributed by atoms with Gasteiger partial charge >= 0.3 is 0 Å². The highest BCUT2D eigenvalue weighted by atomic mass is 35.5. The van der Waals surface area contributed by atoms with Crippen molar-refractivity contribution in [2.75, 3.05) is 0 Å². The molecule has 92 valence electrons. The Balaban J connectivity index is 2.40. The summed E-state index contributed by atoms with van der Waals surface area (Å²) in [6, 6.07) is 4.84. The molecule has 1 aliphatic heterocycles. The quantitative estimate of drug-likeness (QED) is 0.811. The van der Waals surface area contributed by atoms with Gasteiger partial charge in [-0.3, -0.25) is 5.32 Å². The van der Waals surface area contributed by atoms with Crippen LogP contribution < -0.4 is 5.32 Å². The molecule has 2 unspecified atom stereocenters. The van der Waals surface area contributed by atoms with Crippen molar-refractivity contribution in [1.82, 2.24) is 5.32 Å². The molecule has 2 N–H and O–H groups in total. The lowest BCUT2D eigenvalue weighted by Crippen LogP contribution is -2.38. The van der Waals surface area contributed by atoms with Crippen LogP contribution in [0, 0.1) is 0 Å². The first-order valence-electron chi connectivity index (χ1n) is 5.86. The summed E-state index contributed by atoms with van der Waals surface area (Å²) in [5, 5.41) is 14.1. The Morgan fingerprint density at radius 1 is 1.59 bits per heavy atom. The van der Waals surface area contributed by atoms with Gasteiger partial charge in [0, 0.05) is 10.6 Å². The van der Waals surface area contributed by atoms with E-state index in [1.165, 1.54) is 0 Å². The molecule has 4 heteroatoms. The minimum absolute atomic E-state index is 0.441. The van der Waals surface area contributed by atoms with Crippen LogP contribution in [-0.4, -0.2) is 11.4 Å². The number of nitrogens with one attached hydrogen (secondary N) is 1. The van der Waals surface area contributed by atoms with E-state index in [0.717, 1.165) is 30.3 Å². The van der Waals surface area contributed by atoms with Gasteiger partial charge in [0.25, 0.3) is 0 Å². The van der Waals surface area contributed by atoms with Gasteiger partial charge in [0.05, 0.1) is 6.04 Å².